The number of carbonyl (C=O) groups excluding carboxylic acids is 1. The second-order valence-electron chi connectivity index (χ2n) is 4.30. The number of ether oxygens (including phenoxy) is 1. The number of terminal acetylenes is 1. The van der Waals surface area contributed by atoms with Crippen molar-refractivity contribution < 1.29 is 19.4 Å². The lowest BCUT2D eigenvalue weighted by Gasteiger charge is -2.12. The first-order valence-electron chi connectivity index (χ1n) is 6.40. The number of amides is 2. The van der Waals surface area contributed by atoms with E-state index in [1.165, 1.54) is 0 Å². The van der Waals surface area contributed by atoms with Crippen LogP contribution in [0.25, 0.3) is 0 Å². The summed E-state index contributed by atoms with van der Waals surface area (Å²) in [4.78, 5) is 22.4. The standard InChI is InChI=1S/C15H18N2O4/c1-3-5-13(14(18)19)17-15(20)16-9-8-11-6-4-7-12(10-11)21-2/h1,4,6-7,10,13H,5,8-9H2,2H3,(H,18,19)(H2,16,17,20). The minimum Gasteiger partial charge on any atom is -0.497 e. The molecule has 1 unspecified atom stereocenters. The van der Waals surface area contributed by atoms with Gasteiger partial charge in [0.2, 0.25) is 0 Å². The van der Waals surface area contributed by atoms with Gasteiger partial charge in [-0.15, -0.1) is 12.3 Å². The Labute approximate surface area is 123 Å². The summed E-state index contributed by atoms with van der Waals surface area (Å²) in [5, 5.41) is 13.8. The average molecular weight is 290 g/mol. The van der Waals surface area contributed by atoms with Crippen LogP contribution >= 0.6 is 0 Å². The van der Waals surface area contributed by atoms with E-state index >= 15 is 0 Å². The molecule has 0 fully saturated rings. The second-order valence-corrected chi connectivity index (χ2v) is 4.30. The molecule has 0 bridgehead atoms. The number of hydrogen-bond donors (Lipinski definition) is 3. The predicted molar refractivity (Wildman–Crippen MR) is 78.1 cm³/mol. The molecule has 0 aliphatic rings. The third-order valence-electron chi connectivity index (χ3n) is 2.76. The van der Waals surface area contributed by atoms with Crippen LogP contribution in [0.2, 0.25) is 0 Å². The Bertz CT molecular complexity index is 537. The molecule has 3 N–H and O–H groups in total. The van der Waals surface area contributed by atoms with Crippen molar-refractivity contribution >= 4 is 12.0 Å². The highest BCUT2D eigenvalue weighted by atomic mass is 16.5. The van der Waals surface area contributed by atoms with Gasteiger partial charge in [-0.2, -0.15) is 0 Å². The Morgan fingerprint density at radius 2 is 2.24 bits per heavy atom. The Balaban J connectivity index is 2.39. The topological polar surface area (TPSA) is 87.7 Å². The Morgan fingerprint density at radius 3 is 2.86 bits per heavy atom. The fourth-order valence-electron chi connectivity index (χ4n) is 1.68. The zero-order chi connectivity index (χ0) is 15.7. The molecule has 0 spiro atoms. The molecule has 0 aromatic heterocycles. The van der Waals surface area contributed by atoms with Crippen molar-refractivity contribution in [2.75, 3.05) is 13.7 Å². The van der Waals surface area contributed by atoms with Gasteiger partial charge in [-0.05, 0) is 24.1 Å². The van der Waals surface area contributed by atoms with E-state index in [1.54, 1.807) is 7.11 Å². The maximum Gasteiger partial charge on any atom is 0.327 e. The minimum absolute atomic E-state index is 0.0569. The number of carboxylic acids is 1. The quantitative estimate of drug-likeness (QED) is 0.654. The fourth-order valence-corrected chi connectivity index (χ4v) is 1.68. The summed E-state index contributed by atoms with van der Waals surface area (Å²) in [7, 11) is 1.59. The number of nitrogens with one attached hydrogen (secondary N) is 2. The Morgan fingerprint density at radius 1 is 1.48 bits per heavy atom. The lowest BCUT2D eigenvalue weighted by atomic mass is 10.1. The van der Waals surface area contributed by atoms with Gasteiger partial charge in [-0.1, -0.05) is 12.1 Å². The zero-order valence-electron chi connectivity index (χ0n) is 11.8. The maximum atomic E-state index is 11.6. The first-order valence-corrected chi connectivity index (χ1v) is 6.40. The molecular weight excluding hydrogens is 272 g/mol. The molecule has 112 valence electrons. The summed E-state index contributed by atoms with van der Waals surface area (Å²) in [6, 6.07) is 5.86. The van der Waals surface area contributed by atoms with Gasteiger partial charge >= 0.3 is 12.0 Å². The van der Waals surface area contributed by atoms with Crippen LogP contribution in [-0.4, -0.2) is 36.8 Å². The van der Waals surface area contributed by atoms with E-state index in [0.717, 1.165) is 11.3 Å². The van der Waals surface area contributed by atoms with E-state index in [-0.39, 0.29) is 6.42 Å². The molecule has 6 nitrogen and oxygen atoms in total. The monoisotopic (exact) mass is 290 g/mol. The third kappa shape index (κ3) is 5.87. The molecule has 1 aromatic rings. The van der Waals surface area contributed by atoms with Crippen molar-refractivity contribution in [1.82, 2.24) is 10.6 Å². The van der Waals surface area contributed by atoms with Crippen LogP contribution in [0, 0.1) is 12.3 Å². The summed E-state index contributed by atoms with van der Waals surface area (Å²) >= 11 is 0. The predicted octanol–water partition coefficient (Wildman–Crippen LogP) is 1.01. The molecule has 1 aromatic carbocycles. The van der Waals surface area contributed by atoms with Crippen LogP contribution < -0.4 is 15.4 Å². The summed E-state index contributed by atoms with van der Waals surface area (Å²) in [6.07, 6.45) is 5.60. The fraction of sp³-hybridized carbons (Fsp3) is 0.333. The molecule has 0 heterocycles. The normalized spacial score (nSPS) is 11.0. The largest absolute Gasteiger partial charge is 0.497 e. The molecule has 0 aliphatic carbocycles. The molecular formula is C15H18N2O4. The molecule has 0 saturated carbocycles. The van der Waals surface area contributed by atoms with Gasteiger partial charge in [0, 0.05) is 13.0 Å². The van der Waals surface area contributed by atoms with E-state index in [1.807, 2.05) is 24.3 Å². The molecule has 0 aliphatic heterocycles. The number of rotatable bonds is 7. The van der Waals surface area contributed by atoms with Crippen molar-refractivity contribution in [3.05, 3.63) is 29.8 Å². The van der Waals surface area contributed by atoms with Crippen molar-refractivity contribution in [2.24, 2.45) is 0 Å². The van der Waals surface area contributed by atoms with Gasteiger partial charge in [0.25, 0.3) is 0 Å². The van der Waals surface area contributed by atoms with Crippen molar-refractivity contribution in [2.45, 2.75) is 18.9 Å². The molecule has 21 heavy (non-hydrogen) atoms. The summed E-state index contributed by atoms with van der Waals surface area (Å²) in [6.45, 7) is 0.376. The second kappa shape index (κ2) is 8.48. The highest BCUT2D eigenvalue weighted by molar-refractivity contribution is 5.82. The van der Waals surface area contributed by atoms with Crippen LogP contribution in [0.15, 0.2) is 24.3 Å². The highest BCUT2D eigenvalue weighted by Gasteiger charge is 2.18. The van der Waals surface area contributed by atoms with Gasteiger partial charge in [0.05, 0.1) is 7.11 Å². The number of carbonyl (C=O) groups is 2. The van der Waals surface area contributed by atoms with E-state index in [0.29, 0.717) is 13.0 Å². The molecule has 1 rings (SSSR count). The van der Waals surface area contributed by atoms with Crippen molar-refractivity contribution in [3.63, 3.8) is 0 Å². The smallest absolute Gasteiger partial charge is 0.327 e. The molecule has 0 saturated heterocycles. The van der Waals surface area contributed by atoms with E-state index in [4.69, 9.17) is 16.3 Å². The van der Waals surface area contributed by atoms with Crippen molar-refractivity contribution in [3.8, 4) is 18.1 Å². The van der Waals surface area contributed by atoms with Crippen LogP contribution in [0.5, 0.6) is 5.75 Å². The number of benzene rings is 1. The van der Waals surface area contributed by atoms with Gasteiger partial charge in [-0.3, -0.25) is 0 Å². The SMILES string of the molecule is C#CCC(NC(=O)NCCc1cccc(OC)c1)C(=O)O. The lowest BCUT2D eigenvalue weighted by molar-refractivity contribution is -0.139. The summed E-state index contributed by atoms with van der Waals surface area (Å²) in [5.41, 5.74) is 1.01. The van der Waals surface area contributed by atoms with Crippen LogP contribution in [-0.2, 0) is 11.2 Å². The van der Waals surface area contributed by atoms with E-state index < -0.39 is 18.0 Å². The van der Waals surface area contributed by atoms with Crippen LogP contribution in [0.1, 0.15) is 12.0 Å². The van der Waals surface area contributed by atoms with E-state index in [2.05, 4.69) is 16.6 Å². The van der Waals surface area contributed by atoms with E-state index in [9.17, 15) is 9.59 Å². The van der Waals surface area contributed by atoms with Gasteiger partial charge < -0.3 is 20.5 Å². The average Bonchev–Trinajstić information content (AvgIpc) is 2.47. The summed E-state index contributed by atoms with van der Waals surface area (Å²) in [5.74, 6) is 1.80. The summed E-state index contributed by atoms with van der Waals surface area (Å²) < 4.78 is 5.10. The molecule has 2 amide bonds. The maximum absolute atomic E-state index is 11.6. The number of carboxylic acid groups (broad SMARTS) is 1. The number of aliphatic carboxylic acids is 1. The lowest BCUT2D eigenvalue weighted by Crippen LogP contribution is -2.46. The third-order valence-corrected chi connectivity index (χ3v) is 2.76. The molecule has 1 atom stereocenters. The highest BCUT2D eigenvalue weighted by Crippen LogP contribution is 2.12. The number of hydrogen-bond acceptors (Lipinski definition) is 3. The van der Waals surface area contributed by atoms with Crippen LogP contribution in [0.4, 0.5) is 4.79 Å². The zero-order valence-corrected chi connectivity index (χ0v) is 11.8. The first-order chi connectivity index (χ1) is 10.1. The van der Waals surface area contributed by atoms with Crippen molar-refractivity contribution in [1.29, 1.82) is 0 Å². The first kappa shape index (κ1) is 16.4. The molecule has 0 radical (unpaired) electrons. The molecule has 6 heteroatoms. The van der Waals surface area contributed by atoms with Crippen LogP contribution in [0.3, 0.4) is 0 Å². The Kier molecular flexibility index (Phi) is 6.61. The van der Waals surface area contributed by atoms with Gasteiger partial charge in [0.1, 0.15) is 11.8 Å². The van der Waals surface area contributed by atoms with Gasteiger partial charge in [0.15, 0.2) is 0 Å². The Hall–Kier alpha value is -2.68. The number of methoxy groups -OCH3 is 1. The minimum atomic E-state index is -1.16. The van der Waals surface area contributed by atoms with Gasteiger partial charge in [-0.25, -0.2) is 9.59 Å². The number of urea groups is 1.